The summed E-state index contributed by atoms with van der Waals surface area (Å²) < 4.78 is 32.3. The van der Waals surface area contributed by atoms with Gasteiger partial charge in [0.2, 0.25) is 5.91 Å². The number of hydrogen-bond donors (Lipinski definition) is 2. The summed E-state index contributed by atoms with van der Waals surface area (Å²) in [7, 11) is 1.57. The fourth-order valence-electron chi connectivity index (χ4n) is 4.44. The molecule has 172 valence electrons. The van der Waals surface area contributed by atoms with Gasteiger partial charge in [-0.05, 0) is 29.8 Å². The number of aliphatic hydroxyl groups is 1. The minimum absolute atomic E-state index is 0.179. The number of rotatable bonds is 4. The van der Waals surface area contributed by atoms with Crippen LogP contribution in [0.1, 0.15) is 17.0 Å². The zero-order valence-electron chi connectivity index (χ0n) is 17.9. The second kappa shape index (κ2) is 9.57. The zero-order chi connectivity index (χ0) is 23.5. The summed E-state index contributed by atoms with van der Waals surface area (Å²) in [6, 6.07) is 8.85. The highest BCUT2D eigenvalue weighted by Crippen LogP contribution is 2.43. The van der Waals surface area contributed by atoms with Crippen molar-refractivity contribution in [3.8, 4) is 11.8 Å². The van der Waals surface area contributed by atoms with Crippen LogP contribution < -0.4 is 5.32 Å². The van der Waals surface area contributed by atoms with Crippen molar-refractivity contribution in [2.75, 3.05) is 38.7 Å². The van der Waals surface area contributed by atoms with Crippen molar-refractivity contribution in [2.45, 2.75) is 18.0 Å². The minimum Gasteiger partial charge on any atom is -0.394 e. The maximum Gasteiger partial charge on any atom is 0.322 e. The van der Waals surface area contributed by atoms with Gasteiger partial charge in [-0.3, -0.25) is 4.79 Å². The van der Waals surface area contributed by atoms with Gasteiger partial charge in [0.15, 0.2) is 0 Å². The molecule has 0 bridgehead atoms. The number of ether oxygens (including phenoxy) is 1. The summed E-state index contributed by atoms with van der Waals surface area (Å²) in [5.41, 5.74) is 1.43. The molecule has 2 aliphatic heterocycles. The zero-order valence-corrected chi connectivity index (χ0v) is 17.9. The predicted molar refractivity (Wildman–Crippen MR) is 116 cm³/mol. The van der Waals surface area contributed by atoms with Crippen LogP contribution in [-0.2, 0) is 9.53 Å². The first kappa shape index (κ1) is 22.7. The van der Waals surface area contributed by atoms with E-state index in [2.05, 4.69) is 17.2 Å². The van der Waals surface area contributed by atoms with Gasteiger partial charge in [0.25, 0.3) is 0 Å². The first-order valence-corrected chi connectivity index (χ1v) is 10.4. The molecule has 2 fully saturated rings. The monoisotopic (exact) mass is 455 g/mol. The molecule has 0 spiro atoms. The van der Waals surface area contributed by atoms with Gasteiger partial charge in [0.05, 0.1) is 24.4 Å². The number of piperazine rings is 1. The van der Waals surface area contributed by atoms with Gasteiger partial charge in [-0.1, -0.05) is 24.0 Å². The van der Waals surface area contributed by atoms with Gasteiger partial charge in [-0.15, -0.1) is 0 Å². The van der Waals surface area contributed by atoms with E-state index in [0.717, 1.165) is 29.3 Å². The van der Waals surface area contributed by atoms with Gasteiger partial charge in [-0.25, -0.2) is 13.6 Å². The van der Waals surface area contributed by atoms with Crippen LogP contribution in [-0.4, -0.2) is 72.3 Å². The Labute approximate surface area is 189 Å². The van der Waals surface area contributed by atoms with E-state index in [1.807, 2.05) is 24.3 Å². The third-order valence-corrected chi connectivity index (χ3v) is 5.95. The van der Waals surface area contributed by atoms with E-state index < -0.39 is 17.7 Å². The van der Waals surface area contributed by atoms with E-state index in [1.165, 1.54) is 4.90 Å². The molecule has 2 saturated heterocycles. The lowest BCUT2D eigenvalue weighted by Gasteiger charge is -2.58. The summed E-state index contributed by atoms with van der Waals surface area (Å²) in [4.78, 5) is 28.3. The van der Waals surface area contributed by atoms with Gasteiger partial charge < -0.3 is 25.0 Å². The maximum atomic E-state index is 13.9. The average Bonchev–Trinajstić information content (AvgIpc) is 2.78. The first-order valence-electron chi connectivity index (χ1n) is 10.4. The summed E-state index contributed by atoms with van der Waals surface area (Å²) in [5, 5.41) is 12.2. The molecule has 0 radical (unpaired) electrons. The molecule has 0 unspecified atom stereocenters. The van der Waals surface area contributed by atoms with Crippen LogP contribution in [0.25, 0.3) is 0 Å². The van der Waals surface area contributed by atoms with Crippen LogP contribution in [0, 0.1) is 23.5 Å². The normalized spacial score (nSPS) is 21.6. The first-order chi connectivity index (χ1) is 15.9. The van der Waals surface area contributed by atoms with Crippen molar-refractivity contribution in [1.82, 2.24) is 9.80 Å². The lowest BCUT2D eigenvalue weighted by molar-refractivity contribution is -0.159. The third kappa shape index (κ3) is 4.53. The molecule has 2 aromatic carbocycles. The molecule has 2 N–H and O–H groups in total. The van der Waals surface area contributed by atoms with Gasteiger partial charge >= 0.3 is 6.03 Å². The van der Waals surface area contributed by atoms with Crippen LogP contribution in [0.2, 0.25) is 0 Å². The SMILES string of the molecule is COCC#Cc1ccc([C@H]2[C@H]3CN(C(=O)Nc4cc(F)ccc4F)CC(=O)N3[C@H]2CO)cc1. The number of anilines is 1. The molecular weight excluding hydrogens is 432 g/mol. The predicted octanol–water partition coefficient (Wildman–Crippen LogP) is 2.17. The number of aliphatic hydroxyl groups excluding tert-OH is 1. The van der Waals surface area contributed by atoms with Gasteiger partial charge in [0.1, 0.15) is 24.8 Å². The van der Waals surface area contributed by atoms with Gasteiger partial charge in [0, 0.05) is 31.2 Å². The fraction of sp³-hybridized carbons (Fsp3) is 0.333. The summed E-state index contributed by atoms with van der Waals surface area (Å²) in [6.45, 7) is 0.109. The number of fused-ring (bicyclic) bond motifs is 1. The second-order valence-electron chi connectivity index (χ2n) is 7.94. The number of methoxy groups -OCH3 is 1. The second-order valence-corrected chi connectivity index (χ2v) is 7.94. The van der Waals surface area contributed by atoms with Crippen molar-refractivity contribution < 1.29 is 28.2 Å². The Morgan fingerprint density at radius 1 is 1.24 bits per heavy atom. The Hall–Kier alpha value is -3.48. The molecule has 2 aliphatic rings. The molecule has 0 aliphatic carbocycles. The molecule has 3 amide bonds. The molecule has 0 saturated carbocycles. The van der Waals surface area contributed by atoms with Crippen LogP contribution in [0.15, 0.2) is 42.5 Å². The Kier molecular flexibility index (Phi) is 6.58. The lowest BCUT2D eigenvalue weighted by Crippen LogP contribution is -2.73. The van der Waals surface area contributed by atoms with Crippen LogP contribution in [0.3, 0.4) is 0 Å². The third-order valence-electron chi connectivity index (χ3n) is 5.95. The van der Waals surface area contributed by atoms with E-state index in [0.29, 0.717) is 6.61 Å². The maximum absolute atomic E-state index is 13.9. The average molecular weight is 455 g/mol. The molecule has 7 nitrogen and oxygen atoms in total. The Balaban J connectivity index is 1.50. The Morgan fingerprint density at radius 2 is 2.00 bits per heavy atom. The van der Waals surface area contributed by atoms with Gasteiger partial charge in [-0.2, -0.15) is 0 Å². The molecule has 0 aromatic heterocycles. The number of benzene rings is 2. The number of nitrogens with zero attached hydrogens (tertiary/aromatic N) is 2. The van der Waals surface area contributed by atoms with E-state index in [-0.39, 0.29) is 49.3 Å². The molecule has 3 atom stereocenters. The molecule has 2 aromatic rings. The number of nitrogens with one attached hydrogen (secondary N) is 1. The molecular formula is C24H23F2N3O4. The summed E-state index contributed by atoms with van der Waals surface area (Å²) in [6.07, 6.45) is 0. The summed E-state index contributed by atoms with van der Waals surface area (Å²) >= 11 is 0. The van der Waals surface area contributed by atoms with Crippen molar-refractivity contribution >= 4 is 17.6 Å². The molecule has 2 heterocycles. The largest absolute Gasteiger partial charge is 0.394 e. The Morgan fingerprint density at radius 3 is 2.70 bits per heavy atom. The lowest BCUT2D eigenvalue weighted by atomic mass is 9.73. The quantitative estimate of drug-likeness (QED) is 0.693. The Bertz CT molecular complexity index is 1110. The topological polar surface area (TPSA) is 82.1 Å². The number of amides is 3. The van der Waals surface area contributed by atoms with E-state index in [9.17, 15) is 23.5 Å². The number of carbonyl (C=O) groups excluding carboxylic acids is 2. The molecule has 9 heteroatoms. The molecule has 33 heavy (non-hydrogen) atoms. The fourth-order valence-corrected chi connectivity index (χ4v) is 4.44. The standard InChI is InChI=1S/C24H23F2N3O4/c1-33-10-2-3-15-4-6-16(7-5-15)23-20-12-28(13-22(31)29(20)21(23)14-30)24(32)27-19-11-17(25)8-9-18(19)26/h4-9,11,20-21,23,30H,10,12-14H2,1H3,(H,27,32)/t20-,21+,23+/m1/s1. The molecule has 4 rings (SSSR count). The van der Waals surface area contributed by atoms with Crippen LogP contribution in [0.5, 0.6) is 0 Å². The smallest absolute Gasteiger partial charge is 0.322 e. The van der Waals surface area contributed by atoms with E-state index in [1.54, 1.807) is 12.0 Å². The van der Waals surface area contributed by atoms with Crippen molar-refractivity contribution in [3.63, 3.8) is 0 Å². The van der Waals surface area contributed by atoms with E-state index >= 15 is 0 Å². The van der Waals surface area contributed by atoms with Crippen molar-refractivity contribution in [2.24, 2.45) is 0 Å². The minimum atomic E-state index is -0.773. The number of urea groups is 1. The highest BCUT2D eigenvalue weighted by atomic mass is 19.1. The van der Waals surface area contributed by atoms with Crippen molar-refractivity contribution in [3.05, 3.63) is 65.2 Å². The van der Waals surface area contributed by atoms with Crippen LogP contribution in [0.4, 0.5) is 19.3 Å². The number of halogens is 2. The van der Waals surface area contributed by atoms with Crippen molar-refractivity contribution in [1.29, 1.82) is 0 Å². The highest BCUT2D eigenvalue weighted by molar-refractivity contribution is 5.94. The number of carbonyl (C=O) groups is 2. The van der Waals surface area contributed by atoms with E-state index in [4.69, 9.17) is 4.74 Å². The number of hydrogen-bond acceptors (Lipinski definition) is 4. The summed E-state index contributed by atoms with van der Waals surface area (Å²) in [5.74, 6) is 3.91. The van der Waals surface area contributed by atoms with Crippen LogP contribution >= 0.6 is 0 Å². The highest BCUT2D eigenvalue weighted by Gasteiger charge is 2.54.